The Balaban J connectivity index is 1.81. The second kappa shape index (κ2) is 7.25. The summed E-state index contributed by atoms with van der Waals surface area (Å²) in [6.45, 7) is 0.652. The summed E-state index contributed by atoms with van der Waals surface area (Å²) < 4.78 is 7.30. The topological polar surface area (TPSA) is 63.6 Å². The fourth-order valence-electron chi connectivity index (χ4n) is 4.45. The van der Waals surface area contributed by atoms with E-state index >= 15 is 0 Å². The smallest absolute Gasteiger partial charge is 0.270 e. The van der Waals surface area contributed by atoms with Crippen LogP contribution >= 0.6 is 0 Å². The van der Waals surface area contributed by atoms with Crippen LogP contribution in [0.2, 0.25) is 0 Å². The van der Waals surface area contributed by atoms with Gasteiger partial charge in [-0.3, -0.25) is 9.59 Å². The van der Waals surface area contributed by atoms with Crippen LogP contribution in [0.5, 0.6) is 5.75 Å². The summed E-state index contributed by atoms with van der Waals surface area (Å²) in [5, 5.41) is 4.10. The normalized spacial score (nSPS) is 18.3. The number of ether oxygens (including phenoxy) is 1. The first-order valence-corrected chi connectivity index (χ1v) is 9.88. The number of aryl methyl sites for hydroxylation is 1. The highest BCUT2D eigenvalue weighted by molar-refractivity contribution is 6.14. The zero-order chi connectivity index (χ0) is 19.0. The van der Waals surface area contributed by atoms with Crippen LogP contribution in [0.1, 0.15) is 55.4 Å². The van der Waals surface area contributed by atoms with Crippen molar-refractivity contribution in [2.75, 3.05) is 18.6 Å². The number of anilines is 1. The molecular formula is C21H27N3O3. The maximum absolute atomic E-state index is 13.2. The first kappa shape index (κ1) is 17.9. The lowest BCUT2D eigenvalue weighted by atomic mass is 9.95. The molecule has 2 amide bonds. The fraction of sp³-hybridized carbons (Fsp3) is 0.524. The van der Waals surface area contributed by atoms with Crippen LogP contribution < -0.4 is 15.0 Å². The molecule has 2 aliphatic rings. The molecule has 4 rings (SSSR count). The van der Waals surface area contributed by atoms with E-state index in [9.17, 15) is 9.59 Å². The first-order valence-electron chi connectivity index (χ1n) is 9.88. The van der Waals surface area contributed by atoms with Crippen LogP contribution in [0.15, 0.2) is 18.2 Å². The van der Waals surface area contributed by atoms with Crippen molar-refractivity contribution in [3.8, 4) is 5.75 Å². The molecule has 6 nitrogen and oxygen atoms in total. The lowest BCUT2D eigenvalue weighted by Gasteiger charge is -2.24. The molecular weight excluding hydrogens is 342 g/mol. The van der Waals surface area contributed by atoms with Gasteiger partial charge in [-0.05, 0) is 37.5 Å². The Labute approximate surface area is 159 Å². The zero-order valence-corrected chi connectivity index (χ0v) is 16.1. The summed E-state index contributed by atoms with van der Waals surface area (Å²) >= 11 is 0. The molecule has 0 bridgehead atoms. The Hall–Kier alpha value is -2.50. The summed E-state index contributed by atoms with van der Waals surface area (Å²) in [5.74, 6) is 0.714. The predicted molar refractivity (Wildman–Crippen MR) is 105 cm³/mol. The van der Waals surface area contributed by atoms with Crippen molar-refractivity contribution in [2.45, 2.75) is 51.0 Å². The SMILES string of the molecule is COc1ccc2c(c1)c(N1CCCC1=O)c(C(=O)NC1CCCCC1)n2C. The lowest BCUT2D eigenvalue weighted by molar-refractivity contribution is -0.117. The minimum Gasteiger partial charge on any atom is -0.497 e. The highest BCUT2D eigenvalue weighted by Gasteiger charge is 2.32. The van der Waals surface area contributed by atoms with Gasteiger partial charge < -0.3 is 19.5 Å². The van der Waals surface area contributed by atoms with Crippen molar-refractivity contribution in [2.24, 2.45) is 7.05 Å². The molecule has 1 saturated carbocycles. The maximum atomic E-state index is 13.2. The van der Waals surface area contributed by atoms with E-state index in [1.807, 2.05) is 29.8 Å². The van der Waals surface area contributed by atoms with Gasteiger partial charge in [-0.1, -0.05) is 19.3 Å². The Bertz CT molecular complexity index is 880. The van der Waals surface area contributed by atoms with Gasteiger partial charge in [0.1, 0.15) is 11.4 Å². The fourth-order valence-corrected chi connectivity index (χ4v) is 4.45. The van der Waals surface area contributed by atoms with Crippen molar-refractivity contribution < 1.29 is 14.3 Å². The predicted octanol–water partition coefficient (Wildman–Crippen LogP) is 3.38. The van der Waals surface area contributed by atoms with E-state index in [1.54, 1.807) is 12.0 Å². The summed E-state index contributed by atoms with van der Waals surface area (Å²) in [5.41, 5.74) is 2.22. The van der Waals surface area contributed by atoms with Gasteiger partial charge in [0.2, 0.25) is 5.91 Å². The van der Waals surface area contributed by atoms with Gasteiger partial charge in [-0.2, -0.15) is 0 Å². The van der Waals surface area contributed by atoms with E-state index in [-0.39, 0.29) is 17.9 Å². The second-order valence-electron chi connectivity index (χ2n) is 7.60. The number of fused-ring (bicyclic) bond motifs is 1. The number of nitrogens with one attached hydrogen (secondary N) is 1. The largest absolute Gasteiger partial charge is 0.497 e. The molecule has 1 aliphatic carbocycles. The highest BCUT2D eigenvalue weighted by Crippen LogP contribution is 2.38. The molecule has 1 aliphatic heterocycles. The molecule has 1 aromatic carbocycles. The number of hydrogen-bond acceptors (Lipinski definition) is 3. The number of benzene rings is 1. The number of methoxy groups -OCH3 is 1. The van der Waals surface area contributed by atoms with Crippen LogP contribution in [0, 0.1) is 0 Å². The Morgan fingerprint density at radius 1 is 1.19 bits per heavy atom. The Morgan fingerprint density at radius 3 is 2.63 bits per heavy atom. The monoisotopic (exact) mass is 369 g/mol. The molecule has 1 aromatic heterocycles. The minimum atomic E-state index is -0.0886. The third kappa shape index (κ3) is 3.17. The van der Waals surface area contributed by atoms with Gasteiger partial charge in [0, 0.05) is 31.4 Å². The number of hydrogen-bond donors (Lipinski definition) is 1. The molecule has 2 heterocycles. The molecule has 27 heavy (non-hydrogen) atoms. The van der Waals surface area contributed by atoms with Gasteiger partial charge >= 0.3 is 0 Å². The average Bonchev–Trinajstić information content (AvgIpc) is 3.22. The quantitative estimate of drug-likeness (QED) is 0.899. The molecule has 1 N–H and O–H groups in total. The maximum Gasteiger partial charge on any atom is 0.270 e. The number of rotatable bonds is 4. The molecule has 2 fully saturated rings. The van der Waals surface area contributed by atoms with Gasteiger partial charge in [-0.15, -0.1) is 0 Å². The van der Waals surface area contributed by atoms with Gasteiger partial charge in [-0.25, -0.2) is 0 Å². The van der Waals surface area contributed by atoms with Crippen molar-refractivity contribution in [3.05, 3.63) is 23.9 Å². The summed E-state index contributed by atoms with van der Waals surface area (Å²) in [6, 6.07) is 5.99. The molecule has 1 saturated heterocycles. The molecule has 144 valence electrons. The Morgan fingerprint density at radius 2 is 1.96 bits per heavy atom. The molecule has 6 heteroatoms. The van der Waals surface area contributed by atoms with E-state index in [1.165, 1.54) is 6.42 Å². The van der Waals surface area contributed by atoms with E-state index in [0.717, 1.165) is 54.4 Å². The number of carbonyl (C=O) groups is 2. The van der Waals surface area contributed by atoms with Gasteiger partial charge in [0.05, 0.1) is 18.3 Å². The Kier molecular flexibility index (Phi) is 4.81. The van der Waals surface area contributed by atoms with Crippen LogP contribution in [0.25, 0.3) is 10.9 Å². The lowest BCUT2D eigenvalue weighted by Crippen LogP contribution is -2.38. The second-order valence-corrected chi connectivity index (χ2v) is 7.60. The molecule has 0 unspecified atom stereocenters. The van der Waals surface area contributed by atoms with Gasteiger partial charge in [0.25, 0.3) is 5.91 Å². The minimum absolute atomic E-state index is 0.0806. The highest BCUT2D eigenvalue weighted by atomic mass is 16.5. The molecule has 0 spiro atoms. The number of carbonyl (C=O) groups excluding carboxylic acids is 2. The first-order chi connectivity index (χ1) is 13.1. The zero-order valence-electron chi connectivity index (χ0n) is 16.1. The number of aromatic nitrogens is 1. The standard InChI is InChI=1S/C21H27N3O3/c1-23-17-11-10-15(27-2)13-16(17)19(24-12-6-9-18(24)25)20(23)21(26)22-14-7-4-3-5-8-14/h10-11,13-14H,3-9,12H2,1-2H3,(H,22,26). The summed E-state index contributed by atoms with van der Waals surface area (Å²) in [6.07, 6.45) is 6.98. The van der Waals surface area contributed by atoms with E-state index < -0.39 is 0 Å². The summed E-state index contributed by atoms with van der Waals surface area (Å²) in [7, 11) is 3.52. The molecule has 2 aromatic rings. The van der Waals surface area contributed by atoms with Gasteiger partial charge in [0.15, 0.2) is 0 Å². The molecule has 0 radical (unpaired) electrons. The summed E-state index contributed by atoms with van der Waals surface area (Å²) in [4.78, 5) is 27.5. The molecule has 0 atom stereocenters. The number of nitrogens with zero attached hydrogens (tertiary/aromatic N) is 2. The van der Waals surface area contributed by atoms with Crippen molar-refractivity contribution in [3.63, 3.8) is 0 Å². The average molecular weight is 369 g/mol. The van der Waals surface area contributed by atoms with Crippen LogP contribution in [0.4, 0.5) is 5.69 Å². The van der Waals surface area contributed by atoms with E-state index in [0.29, 0.717) is 18.7 Å². The third-order valence-electron chi connectivity index (χ3n) is 5.88. The van der Waals surface area contributed by atoms with Crippen molar-refractivity contribution >= 4 is 28.4 Å². The van der Waals surface area contributed by atoms with Crippen LogP contribution in [0.3, 0.4) is 0 Å². The van der Waals surface area contributed by atoms with Crippen LogP contribution in [-0.4, -0.2) is 36.1 Å². The van der Waals surface area contributed by atoms with E-state index in [2.05, 4.69) is 5.32 Å². The third-order valence-corrected chi connectivity index (χ3v) is 5.88. The van der Waals surface area contributed by atoms with E-state index in [4.69, 9.17) is 4.74 Å². The van der Waals surface area contributed by atoms with Crippen molar-refractivity contribution in [1.29, 1.82) is 0 Å². The van der Waals surface area contributed by atoms with Crippen LogP contribution in [-0.2, 0) is 11.8 Å². The number of amides is 2. The van der Waals surface area contributed by atoms with Crippen molar-refractivity contribution in [1.82, 2.24) is 9.88 Å².